The highest BCUT2D eigenvalue weighted by Gasteiger charge is 2.12. The lowest BCUT2D eigenvalue weighted by atomic mass is 10.2. The highest BCUT2D eigenvalue weighted by molar-refractivity contribution is 7.98. The Hall–Kier alpha value is -1.48. The molecule has 2 heterocycles. The topological polar surface area (TPSA) is 17.8 Å². The van der Waals surface area contributed by atoms with Crippen LogP contribution in [0.25, 0.3) is 21.9 Å². The molecular formula is C14H14N2S. The molecule has 86 valence electrons. The zero-order valence-electron chi connectivity index (χ0n) is 9.97. The van der Waals surface area contributed by atoms with E-state index in [0.29, 0.717) is 0 Å². The maximum Gasteiger partial charge on any atom is 0.140 e. The van der Waals surface area contributed by atoms with Crippen LogP contribution in [0.4, 0.5) is 0 Å². The predicted molar refractivity (Wildman–Crippen MR) is 74.7 cm³/mol. The van der Waals surface area contributed by atoms with Gasteiger partial charge in [-0.05, 0) is 31.4 Å². The van der Waals surface area contributed by atoms with E-state index in [1.807, 2.05) is 12.3 Å². The fourth-order valence-electron chi connectivity index (χ4n) is 2.42. The first-order valence-electron chi connectivity index (χ1n) is 5.76. The van der Waals surface area contributed by atoms with Gasteiger partial charge < -0.3 is 4.57 Å². The number of para-hydroxylation sites is 1. The van der Waals surface area contributed by atoms with Gasteiger partial charge in [0.25, 0.3) is 0 Å². The summed E-state index contributed by atoms with van der Waals surface area (Å²) in [5.74, 6) is 0. The average molecular weight is 242 g/mol. The summed E-state index contributed by atoms with van der Waals surface area (Å²) in [6, 6.07) is 10.7. The van der Waals surface area contributed by atoms with Crippen LogP contribution >= 0.6 is 11.8 Å². The normalized spacial score (nSPS) is 11.4. The molecule has 0 aliphatic carbocycles. The molecule has 0 saturated heterocycles. The summed E-state index contributed by atoms with van der Waals surface area (Å²) in [6.07, 6.45) is 3.99. The first kappa shape index (κ1) is 10.7. The number of fused-ring (bicyclic) bond motifs is 3. The van der Waals surface area contributed by atoms with Gasteiger partial charge in [-0.1, -0.05) is 12.1 Å². The van der Waals surface area contributed by atoms with Crippen molar-refractivity contribution in [3.8, 4) is 0 Å². The number of aryl methyl sites for hydroxylation is 1. The van der Waals surface area contributed by atoms with E-state index in [9.17, 15) is 0 Å². The number of rotatable bonds is 2. The van der Waals surface area contributed by atoms with Crippen LogP contribution in [0.2, 0.25) is 0 Å². The zero-order chi connectivity index (χ0) is 11.8. The van der Waals surface area contributed by atoms with Gasteiger partial charge in [0.2, 0.25) is 0 Å². The van der Waals surface area contributed by atoms with Crippen LogP contribution in [0, 0.1) is 0 Å². The number of pyridine rings is 1. The molecule has 17 heavy (non-hydrogen) atoms. The van der Waals surface area contributed by atoms with Crippen molar-refractivity contribution in [1.82, 2.24) is 9.55 Å². The molecule has 0 aliphatic rings. The minimum absolute atomic E-state index is 0.953. The Labute approximate surface area is 105 Å². The third kappa shape index (κ3) is 1.46. The van der Waals surface area contributed by atoms with Gasteiger partial charge in [0, 0.05) is 28.4 Å². The number of thioether (sulfide) groups is 1. The van der Waals surface area contributed by atoms with Crippen molar-refractivity contribution in [2.24, 2.45) is 0 Å². The molecule has 1 aromatic carbocycles. The Morgan fingerprint density at radius 3 is 2.76 bits per heavy atom. The van der Waals surface area contributed by atoms with Gasteiger partial charge in [-0.3, -0.25) is 0 Å². The molecule has 0 N–H and O–H groups in total. The second-order valence-electron chi connectivity index (χ2n) is 3.98. The smallest absolute Gasteiger partial charge is 0.140 e. The number of aromatic nitrogens is 2. The molecule has 0 radical (unpaired) electrons. The number of nitrogens with zero attached hydrogens (tertiary/aromatic N) is 2. The van der Waals surface area contributed by atoms with Crippen LogP contribution in [-0.2, 0) is 6.54 Å². The number of benzene rings is 1. The lowest BCUT2D eigenvalue weighted by Gasteiger charge is -2.05. The Morgan fingerprint density at radius 1 is 1.18 bits per heavy atom. The summed E-state index contributed by atoms with van der Waals surface area (Å²) < 4.78 is 2.30. The van der Waals surface area contributed by atoms with Crippen LogP contribution in [0.3, 0.4) is 0 Å². The fraction of sp³-hybridized carbons (Fsp3) is 0.214. The van der Waals surface area contributed by atoms with Gasteiger partial charge in [-0.25, -0.2) is 4.98 Å². The van der Waals surface area contributed by atoms with Crippen molar-refractivity contribution in [1.29, 1.82) is 0 Å². The first-order chi connectivity index (χ1) is 8.36. The van der Waals surface area contributed by atoms with Crippen molar-refractivity contribution >= 4 is 33.7 Å². The van der Waals surface area contributed by atoms with Crippen LogP contribution < -0.4 is 0 Å². The van der Waals surface area contributed by atoms with E-state index in [2.05, 4.69) is 47.0 Å². The van der Waals surface area contributed by atoms with Crippen molar-refractivity contribution in [2.45, 2.75) is 18.4 Å². The third-order valence-electron chi connectivity index (χ3n) is 3.14. The zero-order valence-corrected chi connectivity index (χ0v) is 10.8. The molecule has 3 heteroatoms. The Bertz CT molecular complexity index is 685. The van der Waals surface area contributed by atoms with E-state index in [0.717, 1.165) is 12.2 Å². The van der Waals surface area contributed by atoms with Gasteiger partial charge in [0.15, 0.2) is 0 Å². The summed E-state index contributed by atoms with van der Waals surface area (Å²) in [6.45, 7) is 3.12. The van der Waals surface area contributed by atoms with Crippen LogP contribution in [0.1, 0.15) is 6.92 Å². The molecule has 0 atom stereocenters. The monoisotopic (exact) mass is 242 g/mol. The minimum Gasteiger partial charge on any atom is -0.325 e. The quantitative estimate of drug-likeness (QED) is 0.634. The summed E-state index contributed by atoms with van der Waals surface area (Å²) >= 11 is 1.79. The van der Waals surface area contributed by atoms with Gasteiger partial charge in [0.1, 0.15) is 5.65 Å². The minimum atomic E-state index is 0.953. The molecule has 3 rings (SSSR count). The SMILES string of the molecule is CCn1c2ncccc2c2cccc(SC)c21. The van der Waals surface area contributed by atoms with Gasteiger partial charge in [-0.2, -0.15) is 0 Å². The molecule has 0 spiro atoms. The molecule has 0 bridgehead atoms. The van der Waals surface area contributed by atoms with E-state index < -0.39 is 0 Å². The highest BCUT2D eigenvalue weighted by Crippen LogP contribution is 2.33. The average Bonchev–Trinajstić information content (AvgIpc) is 2.72. The lowest BCUT2D eigenvalue weighted by Crippen LogP contribution is -1.95. The van der Waals surface area contributed by atoms with Gasteiger partial charge in [0.05, 0.1) is 5.52 Å². The second kappa shape index (κ2) is 4.08. The Balaban J connectivity index is 2.58. The molecule has 2 nitrogen and oxygen atoms in total. The highest BCUT2D eigenvalue weighted by atomic mass is 32.2. The second-order valence-corrected chi connectivity index (χ2v) is 4.82. The summed E-state index contributed by atoms with van der Waals surface area (Å²) in [4.78, 5) is 5.84. The standard InChI is InChI=1S/C14H14N2S/c1-3-16-13-10(6-4-8-12(13)17-2)11-7-5-9-15-14(11)16/h4-9H,3H2,1-2H3. The molecule has 0 unspecified atom stereocenters. The Kier molecular flexibility index (Phi) is 2.56. The molecule has 0 saturated carbocycles. The van der Waals surface area contributed by atoms with Crippen LogP contribution in [0.5, 0.6) is 0 Å². The molecular weight excluding hydrogens is 228 g/mol. The van der Waals surface area contributed by atoms with Crippen LogP contribution in [0.15, 0.2) is 41.4 Å². The lowest BCUT2D eigenvalue weighted by molar-refractivity contribution is 0.811. The maximum absolute atomic E-state index is 4.52. The molecule has 2 aromatic heterocycles. The van der Waals surface area contributed by atoms with Crippen molar-refractivity contribution < 1.29 is 0 Å². The van der Waals surface area contributed by atoms with Gasteiger partial charge >= 0.3 is 0 Å². The van der Waals surface area contributed by atoms with Crippen molar-refractivity contribution in [2.75, 3.05) is 6.26 Å². The van der Waals surface area contributed by atoms with Crippen molar-refractivity contribution in [3.63, 3.8) is 0 Å². The molecule has 3 aromatic rings. The summed E-state index contributed by atoms with van der Waals surface area (Å²) in [5, 5.41) is 2.56. The van der Waals surface area contributed by atoms with E-state index in [-0.39, 0.29) is 0 Å². The van der Waals surface area contributed by atoms with E-state index >= 15 is 0 Å². The molecule has 0 fully saturated rings. The third-order valence-corrected chi connectivity index (χ3v) is 3.91. The summed E-state index contributed by atoms with van der Waals surface area (Å²) in [5.41, 5.74) is 2.41. The van der Waals surface area contributed by atoms with Crippen LogP contribution in [-0.4, -0.2) is 15.8 Å². The Morgan fingerprint density at radius 2 is 2.00 bits per heavy atom. The van der Waals surface area contributed by atoms with Gasteiger partial charge in [-0.15, -0.1) is 11.8 Å². The first-order valence-corrected chi connectivity index (χ1v) is 6.99. The van der Waals surface area contributed by atoms with E-state index in [1.54, 1.807) is 11.8 Å². The number of hydrogen-bond donors (Lipinski definition) is 0. The predicted octanol–water partition coefficient (Wildman–Crippen LogP) is 3.93. The largest absolute Gasteiger partial charge is 0.325 e. The maximum atomic E-state index is 4.52. The van der Waals surface area contributed by atoms with E-state index in [1.165, 1.54) is 21.2 Å². The van der Waals surface area contributed by atoms with E-state index in [4.69, 9.17) is 0 Å². The van der Waals surface area contributed by atoms with Crippen molar-refractivity contribution in [3.05, 3.63) is 36.5 Å². The summed E-state index contributed by atoms with van der Waals surface area (Å²) in [7, 11) is 0. The molecule has 0 amide bonds. The fourth-order valence-corrected chi connectivity index (χ4v) is 3.05. The molecule has 0 aliphatic heterocycles. The number of hydrogen-bond acceptors (Lipinski definition) is 2.